The molecule has 1 amide bonds. The third-order valence-corrected chi connectivity index (χ3v) is 2.45. The SMILES string of the molecule is CCN1C(=O)CCCN1C(C)CO. The highest BCUT2D eigenvalue weighted by atomic mass is 16.3. The number of nitrogens with zero attached hydrogens (tertiary/aromatic N) is 2. The van der Waals surface area contributed by atoms with Crippen molar-refractivity contribution in [3.8, 4) is 0 Å². The van der Waals surface area contributed by atoms with Gasteiger partial charge in [-0.05, 0) is 20.3 Å². The van der Waals surface area contributed by atoms with E-state index in [9.17, 15) is 4.79 Å². The quantitative estimate of drug-likeness (QED) is 0.686. The third kappa shape index (κ3) is 2.19. The maximum absolute atomic E-state index is 11.5. The molecular weight excluding hydrogens is 168 g/mol. The lowest BCUT2D eigenvalue weighted by atomic mass is 10.2. The van der Waals surface area contributed by atoms with Crippen molar-refractivity contribution in [2.75, 3.05) is 19.7 Å². The second-order valence-electron chi connectivity index (χ2n) is 3.41. The molecule has 4 nitrogen and oxygen atoms in total. The number of amides is 1. The van der Waals surface area contributed by atoms with Crippen molar-refractivity contribution >= 4 is 5.91 Å². The highest BCUT2D eigenvalue weighted by molar-refractivity contribution is 5.76. The summed E-state index contributed by atoms with van der Waals surface area (Å²) in [6.45, 7) is 5.57. The lowest BCUT2D eigenvalue weighted by molar-refractivity contribution is -0.161. The molecule has 1 N–H and O–H groups in total. The van der Waals surface area contributed by atoms with Gasteiger partial charge in [0.25, 0.3) is 0 Å². The molecule has 1 heterocycles. The minimum Gasteiger partial charge on any atom is -0.395 e. The molecule has 1 atom stereocenters. The Bertz CT molecular complexity index is 184. The van der Waals surface area contributed by atoms with Gasteiger partial charge in [-0.2, -0.15) is 0 Å². The molecule has 0 saturated carbocycles. The summed E-state index contributed by atoms with van der Waals surface area (Å²) in [5, 5.41) is 12.7. The first-order chi connectivity index (χ1) is 6.20. The predicted molar refractivity (Wildman–Crippen MR) is 49.9 cm³/mol. The van der Waals surface area contributed by atoms with Crippen LogP contribution >= 0.6 is 0 Å². The topological polar surface area (TPSA) is 43.8 Å². The molecule has 0 aliphatic carbocycles. The van der Waals surface area contributed by atoms with Crippen LogP contribution in [0.3, 0.4) is 0 Å². The number of carbonyl (C=O) groups excluding carboxylic acids is 1. The second kappa shape index (κ2) is 4.58. The van der Waals surface area contributed by atoms with Crippen LogP contribution in [-0.2, 0) is 4.79 Å². The van der Waals surface area contributed by atoms with Crippen LogP contribution in [0.2, 0.25) is 0 Å². The number of rotatable bonds is 3. The molecule has 4 heteroatoms. The van der Waals surface area contributed by atoms with E-state index in [4.69, 9.17) is 5.11 Å². The fraction of sp³-hybridized carbons (Fsp3) is 0.889. The Labute approximate surface area is 79.1 Å². The zero-order chi connectivity index (χ0) is 9.84. The van der Waals surface area contributed by atoms with E-state index in [2.05, 4.69) is 0 Å². The number of hydrogen-bond donors (Lipinski definition) is 1. The Balaban J connectivity index is 2.64. The monoisotopic (exact) mass is 186 g/mol. The van der Waals surface area contributed by atoms with Gasteiger partial charge in [-0.25, -0.2) is 5.01 Å². The molecule has 0 aromatic rings. The average Bonchev–Trinajstić information content (AvgIpc) is 2.16. The fourth-order valence-corrected chi connectivity index (χ4v) is 1.70. The first-order valence-corrected chi connectivity index (χ1v) is 4.88. The molecule has 1 aliphatic rings. The molecule has 1 saturated heterocycles. The molecule has 76 valence electrons. The number of hydrogen-bond acceptors (Lipinski definition) is 3. The Morgan fingerprint density at radius 1 is 1.62 bits per heavy atom. The molecule has 0 bridgehead atoms. The summed E-state index contributed by atoms with van der Waals surface area (Å²) in [6, 6.07) is 0.0456. The van der Waals surface area contributed by atoms with E-state index >= 15 is 0 Å². The largest absolute Gasteiger partial charge is 0.395 e. The molecule has 1 unspecified atom stereocenters. The summed E-state index contributed by atoms with van der Waals surface area (Å²) in [4.78, 5) is 11.5. The van der Waals surface area contributed by atoms with Gasteiger partial charge in [-0.3, -0.25) is 9.80 Å². The summed E-state index contributed by atoms with van der Waals surface area (Å²) in [6.07, 6.45) is 1.54. The Kier molecular flexibility index (Phi) is 3.69. The van der Waals surface area contributed by atoms with E-state index in [-0.39, 0.29) is 18.6 Å². The minimum atomic E-state index is 0.0456. The van der Waals surface area contributed by atoms with E-state index in [0.717, 1.165) is 13.0 Å². The van der Waals surface area contributed by atoms with Crippen LogP contribution in [0.25, 0.3) is 0 Å². The summed E-state index contributed by atoms with van der Waals surface area (Å²) < 4.78 is 0. The van der Waals surface area contributed by atoms with Crippen molar-refractivity contribution in [2.45, 2.75) is 32.7 Å². The van der Waals surface area contributed by atoms with Gasteiger partial charge in [0.15, 0.2) is 0 Å². The number of aliphatic hydroxyl groups excluding tert-OH is 1. The first kappa shape index (κ1) is 10.5. The molecule has 1 rings (SSSR count). The molecular formula is C9H18N2O2. The van der Waals surface area contributed by atoms with E-state index in [1.807, 2.05) is 18.9 Å². The normalized spacial score (nSPS) is 22.1. The molecule has 0 aromatic heterocycles. The van der Waals surface area contributed by atoms with Crippen molar-refractivity contribution in [2.24, 2.45) is 0 Å². The zero-order valence-corrected chi connectivity index (χ0v) is 8.36. The van der Waals surface area contributed by atoms with Gasteiger partial charge in [0.2, 0.25) is 5.91 Å². The number of carbonyl (C=O) groups is 1. The van der Waals surface area contributed by atoms with Gasteiger partial charge < -0.3 is 5.11 Å². The highest BCUT2D eigenvalue weighted by Crippen LogP contribution is 2.14. The van der Waals surface area contributed by atoms with Crippen LogP contribution in [0.15, 0.2) is 0 Å². The summed E-state index contributed by atoms with van der Waals surface area (Å²) >= 11 is 0. The van der Waals surface area contributed by atoms with Crippen LogP contribution in [-0.4, -0.2) is 46.8 Å². The van der Waals surface area contributed by atoms with Gasteiger partial charge in [-0.1, -0.05) is 0 Å². The number of aliphatic hydroxyl groups is 1. The predicted octanol–water partition coefficient (Wildman–Crippen LogP) is 0.226. The fourth-order valence-electron chi connectivity index (χ4n) is 1.70. The summed E-state index contributed by atoms with van der Waals surface area (Å²) in [5.74, 6) is 0.175. The lowest BCUT2D eigenvalue weighted by Gasteiger charge is -2.41. The average molecular weight is 186 g/mol. The maximum Gasteiger partial charge on any atom is 0.236 e. The molecule has 1 fully saturated rings. The van der Waals surface area contributed by atoms with Crippen LogP contribution in [0.5, 0.6) is 0 Å². The molecule has 1 aliphatic heterocycles. The summed E-state index contributed by atoms with van der Waals surface area (Å²) in [5.41, 5.74) is 0. The Morgan fingerprint density at radius 3 is 2.85 bits per heavy atom. The van der Waals surface area contributed by atoms with Crippen LogP contribution < -0.4 is 0 Å². The van der Waals surface area contributed by atoms with Crippen molar-refractivity contribution in [3.05, 3.63) is 0 Å². The van der Waals surface area contributed by atoms with Gasteiger partial charge >= 0.3 is 0 Å². The van der Waals surface area contributed by atoms with Crippen molar-refractivity contribution in [1.29, 1.82) is 0 Å². The van der Waals surface area contributed by atoms with Crippen molar-refractivity contribution in [1.82, 2.24) is 10.0 Å². The zero-order valence-electron chi connectivity index (χ0n) is 8.36. The van der Waals surface area contributed by atoms with Gasteiger partial charge in [0.1, 0.15) is 0 Å². The van der Waals surface area contributed by atoms with E-state index in [1.54, 1.807) is 5.01 Å². The molecule has 0 radical (unpaired) electrons. The van der Waals surface area contributed by atoms with Gasteiger partial charge in [0, 0.05) is 25.6 Å². The van der Waals surface area contributed by atoms with E-state index in [0.29, 0.717) is 13.0 Å². The smallest absolute Gasteiger partial charge is 0.236 e. The second-order valence-corrected chi connectivity index (χ2v) is 3.41. The lowest BCUT2D eigenvalue weighted by Crippen LogP contribution is -2.54. The third-order valence-electron chi connectivity index (χ3n) is 2.45. The maximum atomic E-state index is 11.5. The van der Waals surface area contributed by atoms with Gasteiger partial charge in [0.05, 0.1) is 6.61 Å². The molecule has 0 spiro atoms. The van der Waals surface area contributed by atoms with Crippen LogP contribution in [0, 0.1) is 0 Å². The van der Waals surface area contributed by atoms with Crippen molar-refractivity contribution < 1.29 is 9.90 Å². The van der Waals surface area contributed by atoms with E-state index < -0.39 is 0 Å². The molecule has 13 heavy (non-hydrogen) atoms. The first-order valence-electron chi connectivity index (χ1n) is 4.88. The van der Waals surface area contributed by atoms with Crippen LogP contribution in [0.1, 0.15) is 26.7 Å². The highest BCUT2D eigenvalue weighted by Gasteiger charge is 2.27. The van der Waals surface area contributed by atoms with E-state index in [1.165, 1.54) is 0 Å². The minimum absolute atomic E-state index is 0.0456. The number of hydrazine groups is 1. The van der Waals surface area contributed by atoms with Crippen LogP contribution in [0.4, 0.5) is 0 Å². The molecule has 0 aromatic carbocycles. The Morgan fingerprint density at radius 2 is 2.31 bits per heavy atom. The van der Waals surface area contributed by atoms with Gasteiger partial charge in [-0.15, -0.1) is 0 Å². The standard InChI is InChI=1S/C9H18N2O2/c1-3-10-9(13)5-4-6-11(10)8(2)7-12/h8,12H,3-7H2,1-2H3. The summed E-state index contributed by atoms with van der Waals surface area (Å²) in [7, 11) is 0. The Hall–Kier alpha value is -0.610. The van der Waals surface area contributed by atoms with Crippen molar-refractivity contribution in [3.63, 3.8) is 0 Å².